The third-order valence-corrected chi connectivity index (χ3v) is 2.65. The first-order chi connectivity index (χ1) is 10.0. The number of H-pyrrole nitrogens is 1. The van der Waals surface area contributed by atoms with Gasteiger partial charge in [-0.1, -0.05) is 0 Å². The van der Waals surface area contributed by atoms with E-state index in [9.17, 15) is 13.2 Å². The molecule has 0 unspecified atom stereocenters. The van der Waals surface area contributed by atoms with E-state index < -0.39 is 11.9 Å². The largest absolute Gasteiger partial charge is 0.433 e. The van der Waals surface area contributed by atoms with Crippen molar-refractivity contribution in [3.05, 3.63) is 35.5 Å². The molecule has 2 N–H and O–H groups in total. The van der Waals surface area contributed by atoms with Gasteiger partial charge in [0.05, 0.1) is 5.56 Å². The van der Waals surface area contributed by atoms with Crippen molar-refractivity contribution in [2.45, 2.75) is 19.0 Å². The number of nitriles is 1. The van der Waals surface area contributed by atoms with Crippen LogP contribution in [0, 0.1) is 11.3 Å². The van der Waals surface area contributed by atoms with Crippen molar-refractivity contribution in [2.75, 3.05) is 11.9 Å². The van der Waals surface area contributed by atoms with E-state index in [0.29, 0.717) is 25.2 Å². The van der Waals surface area contributed by atoms with Crippen LogP contribution in [0.3, 0.4) is 0 Å². The van der Waals surface area contributed by atoms with E-state index in [0.717, 1.165) is 12.1 Å². The Kier molecular flexibility index (Phi) is 4.37. The normalized spacial score (nSPS) is 11.1. The summed E-state index contributed by atoms with van der Waals surface area (Å²) in [5.74, 6) is 0.624. The van der Waals surface area contributed by atoms with Crippen LogP contribution in [0.1, 0.15) is 23.5 Å². The number of alkyl halides is 3. The number of aromatic amines is 1. The zero-order valence-electron chi connectivity index (χ0n) is 10.8. The van der Waals surface area contributed by atoms with Crippen LogP contribution < -0.4 is 5.32 Å². The number of halogens is 3. The first kappa shape index (κ1) is 14.8. The van der Waals surface area contributed by atoms with Gasteiger partial charge in [-0.25, -0.2) is 9.97 Å². The van der Waals surface area contributed by atoms with Crippen molar-refractivity contribution in [1.29, 1.82) is 5.26 Å². The maximum Gasteiger partial charge on any atom is 0.433 e. The number of pyridine rings is 1. The molecule has 0 radical (unpaired) electrons. The summed E-state index contributed by atoms with van der Waals surface area (Å²) in [5.41, 5.74) is -0.957. The van der Waals surface area contributed by atoms with Gasteiger partial charge in [0, 0.05) is 13.0 Å². The van der Waals surface area contributed by atoms with E-state index in [4.69, 9.17) is 5.26 Å². The Hall–Kier alpha value is -2.63. The third-order valence-electron chi connectivity index (χ3n) is 2.65. The van der Waals surface area contributed by atoms with Crippen molar-refractivity contribution in [3.63, 3.8) is 0 Å². The fraction of sp³-hybridized carbons (Fsp3) is 0.333. The molecule has 0 aliphatic carbocycles. The lowest BCUT2D eigenvalue weighted by Crippen LogP contribution is -2.12. The SMILES string of the molecule is N#Cc1ccc(C(F)(F)F)nc1NCCCc1ncn[nH]1. The van der Waals surface area contributed by atoms with Crippen LogP contribution in [0.4, 0.5) is 19.0 Å². The molecule has 0 aliphatic rings. The molecule has 9 heteroatoms. The van der Waals surface area contributed by atoms with E-state index in [2.05, 4.69) is 25.5 Å². The van der Waals surface area contributed by atoms with Gasteiger partial charge in [-0.3, -0.25) is 5.10 Å². The number of nitrogens with one attached hydrogen (secondary N) is 2. The summed E-state index contributed by atoms with van der Waals surface area (Å²) in [4.78, 5) is 7.38. The molecule has 0 bridgehead atoms. The number of hydrogen-bond acceptors (Lipinski definition) is 5. The highest BCUT2D eigenvalue weighted by Crippen LogP contribution is 2.29. The topological polar surface area (TPSA) is 90.3 Å². The Morgan fingerprint density at radius 2 is 2.14 bits per heavy atom. The number of aryl methyl sites for hydroxylation is 1. The smallest absolute Gasteiger partial charge is 0.369 e. The molecule has 2 aromatic rings. The summed E-state index contributed by atoms with van der Waals surface area (Å²) >= 11 is 0. The number of aromatic nitrogens is 4. The molecule has 0 aliphatic heterocycles. The highest BCUT2D eigenvalue weighted by molar-refractivity contribution is 5.52. The van der Waals surface area contributed by atoms with Crippen LogP contribution in [0.15, 0.2) is 18.5 Å². The summed E-state index contributed by atoms with van der Waals surface area (Å²) in [6, 6.07) is 3.70. The molecule has 0 saturated carbocycles. The maximum absolute atomic E-state index is 12.6. The van der Waals surface area contributed by atoms with Gasteiger partial charge in [-0.15, -0.1) is 0 Å². The van der Waals surface area contributed by atoms with Crippen LogP contribution in [0.5, 0.6) is 0 Å². The summed E-state index contributed by atoms with van der Waals surface area (Å²) < 4.78 is 37.8. The minimum atomic E-state index is -4.54. The molecule has 0 amide bonds. The van der Waals surface area contributed by atoms with Gasteiger partial charge >= 0.3 is 6.18 Å². The van der Waals surface area contributed by atoms with Gasteiger partial charge < -0.3 is 5.32 Å². The Morgan fingerprint density at radius 1 is 1.33 bits per heavy atom. The molecule has 2 heterocycles. The zero-order valence-corrected chi connectivity index (χ0v) is 10.8. The first-order valence-electron chi connectivity index (χ1n) is 6.07. The summed E-state index contributed by atoms with van der Waals surface area (Å²) in [7, 11) is 0. The van der Waals surface area contributed by atoms with Gasteiger partial charge in [-0.2, -0.15) is 23.5 Å². The second-order valence-electron chi connectivity index (χ2n) is 4.16. The van der Waals surface area contributed by atoms with Gasteiger partial charge in [0.25, 0.3) is 0 Å². The van der Waals surface area contributed by atoms with E-state index in [1.807, 2.05) is 6.07 Å². The maximum atomic E-state index is 12.6. The molecule has 6 nitrogen and oxygen atoms in total. The molecule has 110 valence electrons. The lowest BCUT2D eigenvalue weighted by molar-refractivity contribution is -0.141. The van der Waals surface area contributed by atoms with Crippen LogP contribution in [-0.2, 0) is 12.6 Å². The molecular formula is C12H11F3N6. The molecular weight excluding hydrogens is 285 g/mol. The van der Waals surface area contributed by atoms with Crippen molar-refractivity contribution >= 4 is 5.82 Å². The minimum absolute atomic E-state index is 0.0649. The average molecular weight is 296 g/mol. The van der Waals surface area contributed by atoms with Crippen molar-refractivity contribution in [1.82, 2.24) is 20.2 Å². The lowest BCUT2D eigenvalue weighted by Gasteiger charge is -2.10. The molecule has 0 saturated heterocycles. The molecule has 2 rings (SSSR count). The number of nitrogens with zero attached hydrogens (tertiary/aromatic N) is 4. The summed E-state index contributed by atoms with van der Waals surface area (Å²) in [6.45, 7) is 0.365. The fourth-order valence-corrected chi connectivity index (χ4v) is 1.66. The molecule has 0 aromatic carbocycles. The van der Waals surface area contributed by atoms with Crippen molar-refractivity contribution in [3.8, 4) is 6.07 Å². The number of anilines is 1. The predicted molar refractivity (Wildman–Crippen MR) is 67.1 cm³/mol. The molecule has 0 spiro atoms. The van der Waals surface area contributed by atoms with Crippen LogP contribution in [0.25, 0.3) is 0 Å². The van der Waals surface area contributed by atoms with E-state index in [1.54, 1.807) is 0 Å². The molecule has 21 heavy (non-hydrogen) atoms. The highest BCUT2D eigenvalue weighted by atomic mass is 19.4. The Bertz CT molecular complexity index is 629. The van der Waals surface area contributed by atoms with E-state index in [1.165, 1.54) is 6.33 Å². The van der Waals surface area contributed by atoms with E-state index >= 15 is 0 Å². The van der Waals surface area contributed by atoms with Gasteiger partial charge in [-0.05, 0) is 18.6 Å². The van der Waals surface area contributed by atoms with Gasteiger partial charge in [0.1, 0.15) is 29.7 Å². The van der Waals surface area contributed by atoms with Crippen molar-refractivity contribution in [2.24, 2.45) is 0 Å². The highest BCUT2D eigenvalue weighted by Gasteiger charge is 2.33. The van der Waals surface area contributed by atoms with Crippen LogP contribution in [0.2, 0.25) is 0 Å². The monoisotopic (exact) mass is 296 g/mol. The number of hydrogen-bond donors (Lipinski definition) is 2. The lowest BCUT2D eigenvalue weighted by atomic mass is 10.2. The zero-order chi connectivity index (χ0) is 15.3. The molecule has 0 fully saturated rings. The Labute approximate surface area is 118 Å². The Balaban J connectivity index is 1.99. The standard InChI is InChI=1S/C12H11F3N6/c13-12(14,15)9-4-3-8(6-16)11(20-9)17-5-1-2-10-18-7-19-21-10/h3-4,7H,1-2,5H2,(H,17,20)(H,18,19,21). The van der Waals surface area contributed by atoms with Crippen LogP contribution >= 0.6 is 0 Å². The third kappa shape index (κ3) is 3.92. The quantitative estimate of drug-likeness (QED) is 0.825. The van der Waals surface area contributed by atoms with E-state index in [-0.39, 0.29) is 11.4 Å². The van der Waals surface area contributed by atoms with Crippen LogP contribution in [-0.4, -0.2) is 26.7 Å². The molecule has 0 atom stereocenters. The number of rotatable bonds is 5. The summed E-state index contributed by atoms with van der Waals surface area (Å²) in [5, 5.41) is 18.0. The predicted octanol–water partition coefficient (Wildman–Crippen LogP) is 2.13. The second kappa shape index (κ2) is 6.21. The average Bonchev–Trinajstić information content (AvgIpc) is 2.95. The first-order valence-corrected chi connectivity index (χ1v) is 6.07. The summed E-state index contributed by atoms with van der Waals surface area (Å²) in [6.07, 6.45) is -1.96. The van der Waals surface area contributed by atoms with Gasteiger partial charge in [0.2, 0.25) is 0 Å². The second-order valence-corrected chi connectivity index (χ2v) is 4.16. The van der Waals surface area contributed by atoms with Gasteiger partial charge in [0.15, 0.2) is 0 Å². The minimum Gasteiger partial charge on any atom is -0.369 e. The fourth-order valence-electron chi connectivity index (χ4n) is 1.66. The Morgan fingerprint density at radius 3 is 2.76 bits per heavy atom. The van der Waals surface area contributed by atoms with Crippen molar-refractivity contribution < 1.29 is 13.2 Å². The molecule has 2 aromatic heterocycles.